The van der Waals surface area contributed by atoms with E-state index in [0.717, 1.165) is 28.4 Å². The summed E-state index contributed by atoms with van der Waals surface area (Å²) in [6, 6.07) is 5.01. The summed E-state index contributed by atoms with van der Waals surface area (Å²) in [6.45, 7) is 1.92. The molecular weight excluding hydrogens is 285 g/mol. The van der Waals surface area contributed by atoms with Gasteiger partial charge in [-0.3, -0.25) is 0 Å². The lowest BCUT2D eigenvalue weighted by Gasteiger charge is -2.11. The van der Waals surface area contributed by atoms with Crippen molar-refractivity contribution in [2.24, 2.45) is 5.73 Å². The number of aromatic nitrogens is 1. The summed E-state index contributed by atoms with van der Waals surface area (Å²) < 4.78 is 37.3. The molecule has 1 unspecified atom stereocenters. The third kappa shape index (κ3) is 4.05. The molecule has 2 rings (SSSR count). The molecule has 0 amide bonds. The normalized spacial score (nSPS) is 13.4. The minimum absolute atomic E-state index is 0.141. The van der Waals surface area contributed by atoms with Gasteiger partial charge in [-0.2, -0.15) is 13.2 Å². The predicted octanol–water partition coefficient (Wildman–Crippen LogP) is 3.58. The predicted molar refractivity (Wildman–Crippen MR) is 73.7 cm³/mol. The van der Waals surface area contributed by atoms with E-state index in [-0.39, 0.29) is 6.04 Å². The number of halogens is 3. The van der Waals surface area contributed by atoms with E-state index in [1.807, 2.05) is 12.3 Å². The molecule has 0 saturated carbocycles. The molecule has 2 N–H and O–H groups in total. The van der Waals surface area contributed by atoms with E-state index in [4.69, 9.17) is 5.73 Å². The van der Waals surface area contributed by atoms with Crippen molar-refractivity contribution in [2.75, 3.05) is 0 Å². The molecule has 0 bridgehead atoms. The smallest absolute Gasteiger partial charge is 0.327 e. The Morgan fingerprint density at radius 2 is 1.85 bits per heavy atom. The van der Waals surface area contributed by atoms with Gasteiger partial charge in [0, 0.05) is 23.5 Å². The maximum atomic E-state index is 12.4. The second-order valence-corrected chi connectivity index (χ2v) is 5.69. The lowest BCUT2D eigenvalue weighted by atomic mass is 10.0. The van der Waals surface area contributed by atoms with Crippen LogP contribution in [-0.2, 0) is 19.0 Å². The van der Waals surface area contributed by atoms with Crippen molar-refractivity contribution in [3.05, 3.63) is 51.5 Å². The largest absolute Gasteiger partial charge is 0.416 e. The highest BCUT2D eigenvalue weighted by Gasteiger charge is 2.29. The van der Waals surface area contributed by atoms with Gasteiger partial charge in [-0.15, -0.1) is 11.3 Å². The Bertz CT molecular complexity index is 561. The fourth-order valence-corrected chi connectivity index (χ4v) is 2.79. The van der Waals surface area contributed by atoms with Gasteiger partial charge >= 0.3 is 6.18 Å². The zero-order valence-electron chi connectivity index (χ0n) is 10.9. The van der Waals surface area contributed by atoms with E-state index in [9.17, 15) is 13.2 Å². The zero-order chi connectivity index (χ0) is 14.8. The van der Waals surface area contributed by atoms with Crippen LogP contribution in [0.4, 0.5) is 13.2 Å². The quantitative estimate of drug-likeness (QED) is 0.937. The number of hydrogen-bond donors (Lipinski definition) is 1. The summed E-state index contributed by atoms with van der Waals surface area (Å²) >= 11 is 1.55. The van der Waals surface area contributed by atoms with Crippen molar-refractivity contribution in [2.45, 2.75) is 32.0 Å². The molecule has 1 aromatic heterocycles. The van der Waals surface area contributed by atoms with Crippen LogP contribution < -0.4 is 5.73 Å². The SMILES string of the molecule is Cc1csc(CC(N)Cc2ccc(C(F)(F)F)cc2)n1. The molecule has 1 aromatic carbocycles. The summed E-state index contributed by atoms with van der Waals surface area (Å²) in [6.07, 6.45) is -3.12. The van der Waals surface area contributed by atoms with Crippen LogP contribution in [0.2, 0.25) is 0 Å². The van der Waals surface area contributed by atoms with Crippen molar-refractivity contribution in [3.8, 4) is 0 Å². The maximum Gasteiger partial charge on any atom is 0.416 e. The van der Waals surface area contributed by atoms with Gasteiger partial charge in [0.2, 0.25) is 0 Å². The molecule has 6 heteroatoms. The molecule has 0 radical (unpaired) electrons. The topological polar surface area (TPSA) is 38.9 Å². The van der Waals surface area contributed by atoms with Gasteiger partial charge in [-0.1, -0.05) is 12.1 Å². The minimum Gasteiger partial charge on any atom is -0.327 e. The second kappa shape index (κ2) is 5.93. The van der Waals surface area contributed by atoms with E-state index < -0.39 is 11.7 Å². The highest BCUT2D eigenvalue weighted by atomic mass is 32.1. The average Bonchev–Trinajstić information content (AvgIpc) is 2.74. The Morgan fingerprint density at radius 3 is 2.35 bits per heavy atom. The Hall–Kier alpha value is -1.40. The first kappa shape index (κ1) is 15.0. The first-order chi connectivity index (χ1) is 9.34. The third-order valence-electron chi connectivity index (χ3n) is 2.88. The van der Waals surface area contributed by atoms with Crippen LogP contribution in [0.15, 0.2) is 29.6 Å². The summed E-state index contributed by atoms with van der Waals surface area (Å²) in [5, 5.41) is 2.92. The number of hydrogen-bond acceptors (Lipinski definition) is 3. The monoisotopic (exact) mass is 300 g/mol. The van der Waals surface area contributed by atoms with Gasteiger partial charge in [0.05, 0.1) is 10.6 Å². The number of nitrogens with two attached hydrogens (primary N) is 1. The van der Waals surface area contributed by atoms with Crippen molar-refractivity contribution in [1.82, 2.24) is 4.98 Å². The van der Waals surface area contributed by atoms with Crippen LogP contribution in [-0.4, -0.2) is 11.0 Å². The van der Waals surface area contributed by atoms with E-state index in [1.54, 1.807) is 11.3 Å². The van der Waals surface area contributed by atoms with Gasteiger partial charge in [0.15, 0.2) is 0 Å². The molecule has 0 aliphatic carbocycles. The van der Waals surface area contributed by atoms with Crippen LogP contribution in [0.1, 0.15) is 21.8 Å². The minimum atomic E-state index is -4.29. The first-order valence-corrected chi connectivity index (χ1v) is 7.05. The fourth-order valence-electron chi connectivity index (χ4n) is 1.93. The molecule has 2 nitrogen and oxygen atoms in total. The van der Waals surface area contributed by atoms with Crippen molar-refractivity contribution in [3.63, 3.8) is 0 Å². The Labute approximate surface area is 119 Å². The maximum absolute atomic E-state index is 12.4. The molecular formula is C14H15F3N2S. The van der Waals surface area contributed by atoms with Crippen LogP contribution in [0.3, 0.4) is 0 Å². The first-order valence-electron chi connectivity index (χ1n) is 6.17. The number of aryl methyl sites for hydroxylation is 1. The highest BCUT2D eigenvalue weighted by molar-refractivity contribution is 7.09. The number of rotatable bonds is 4. The number of alkyl halides is 3. The molecule has 20 heavy (non-hydrogen) atoms. The van der Waals surface area contributed by atoms with Gasteiger partial charge in [0.1, 0.15) is 0 Å². The number of benzene rings is 1. The van der Waals surface area contributed by atoms with E-state index in [1.165, 1.54) is 12.1 Å². The van der Waals surface area contributed by atoms with Crippen LogP contribution in [0.5, 0.6) is 0 Å². The van der Waals surface area contributed by atoms with Crippen LogP contribution >= 0.6 is 11.3 Å². The van der Waals surface area contributed by atoms with Crippen molar-refractivity contribution < 1.29 is 13.2 Å². The molecule has 0 aliphatic heterocycles. The molecule has 0 saturated heterocycles. The van der Waals surface area contributed by atoms with Crippen LogP contribution in [0.25, 0.3) is 0 Å². The third-order valence-corrected chi connectivity index (χ3v) is 3.87. The van der Waals surface area contributed by atoms with Gasteiger partial charge in [-0.05, 0) is 31.0 Å². The molecule has 0 fully saturated rings. The van der Waals surface area contributed by atoms with Gasteiger partial charge in [-0.25, -0.2) is 4.98 Å². The molecule has 2 aromatic rings. The summed E-state index contributed by atoms with van der Waals surface area (Å²) in [7, 11) is 0. The standard InChI is InChI=1S/C14H15F3N2S/c1-9-8-20-13(19-9)7-12(18)6-10-2-4-11(5-3-10)14(15,16)17/h2-5,8,12H,6-7,18H2,1H3. The van der Waals surface area contributed by atoms with Gasteiger partial charge < -0.3 is 5.73 Å². The molecule has 108 valence electrons. The Kier molecular flexibility index (Phi) is 4.45. The van der Waals surface area contributed by atoms with E-state index >= 15 is 0 Å². The Balaban J connectivity index is 1.96. The number of nitrogens with zero attached hydrogens (tertiary/aromatic N) is 1. The molecule has 1 heterocycles. The number of thiazole rings is 1. The zero-order valence-corrected chi connectivity index (χ0v) is 11.8. The summed E-state index contributed by atoms with van der Waals surface area (Å²) in [4.78, 5) is 4.33. The second-order valence-electron chi connectivity index (χ2n) is 4.75. The van der Waals surface area contributed by atoms with Gasteiger partial charge in [0.25, 0.3) is 0 Å². The van der Waals surface area contributed by atoms with E-state index in [0.29, 0.717) is 12.8 Å². The summed E-state index contributed by atoms with van der Waals surface area (Å²) in [5.74, 6) is 0. The summed E-state index contributed by atoms with van der Waals surface area (Å²) in [5.41, 5.74) is 7.15. The molecule has 0 spiro atoms. The molecule has 1 atom stereocenters. The van der Waals surface area contributed by atoms with E-state index in [2.05, 4.69) is 4.98 Å². The van der Waals surface area contributed by atoms with Crippen molar-refractivity contribution >= 4 is 11.3 Å². The fraction of sp³-hybridized carbons (Fsp3) is 0.357. The highest BCUT2D eigenvalue weighted by Crippen LogP contribution is 2.29. The lowest BCUT2D eigenvalue weighted by Crippen LogP contribution is -2.25. The van der Waals surface area contributed by atoms with Crippen molar-refractivity contribution in [1.29, 1.82) is 0 Å². The van der Waals surface area contributed by atoms with Crippen LogP contribution in [0, 0.1) is 6.92 Å². The lowest BCUT2D eigenvalue weighted by molar-refractivity contribution is -0.137. The Morgan fingerprint density at radius 1 is 1.20 bits per heavy atom. The average molecular weight is 300 g/mol. The molecule has 0 aliphatic rings.